The Bertz CT molecular complexity index is 318. The molecular weight excluding hydrogens is 168 g/mol. The Labute approximate surface area is 76.9 Å². The van der Waals surface area contributed by atoms with E-state index in [2.05, 4.69) is 6.58 Å². The smallest absolute Gasteiger partial charge is 0.161 e. The number of hydrogen-bond acceptors (Lipinski definition) is 3. The molecule has 0 fully saturated rings. The number of hydrogen-bond donors (Lipinski definition) is 2. The van der Waals surface area contributed by atoms with Gasteiger partial charge in [0.2, 0.25) is 0 Å². The van der Waals surface area contributed by atoms with Crippen molar-refractivity contribution in [3.8, 4) is 17.2 Å². The van der Waals surface area contributed by atoms with Gasteiger partial charge in [0, 0.05) is 11.6 Å². The van der Waals surface area contributed by atoms with E-state index in [0.717, 1.165) is 0 Å². The minimum absolute atomic E-state index is 0.0539. The predicted octanol–water partition coefficient (Wildman–Crippen LogP) is 1.83. The van der Waals surface area contributed by atoms with Crippen LogP contribution >= 0.6 is 0 Å². The van der Waals surface area contributed by atoms with E-state index in [1.807, 2.05) is 0 Å². The van der Waals surface area contributed by atoms with Crippen molar-refractivity contribution in [2.45, 2.75) is 6.42 Å². The second-order valence-electron chi connectivity index (χ2n) is 2.65. The minimum Gasteiger partial charge on any atom is -0.508 e. The van der Waals surface area contributed by atoms with Gasteiger partial charge in [0.25, 0.3) is 0 Å². The molecule has 1 aromatic rings. The molecule has 3 nitrogen and oxygen atoms in total. The van der Waals surface area contributed by atoms with Crippen molar-refractivity contribution < 1.29 is 14.9 Å². The SMILES string of the molecule is C=CCc1cc(OC)c(O)cc1O. The quantitative estimate of drug-likeness (QED) is 0.698. The summed E-state index contributed by atoms with van der Waals surface area (Å²) in [5.41, 5.74) is 0.685. The molecule has 0 bridgehead atoms. The highest BCUT2D eigenvalue weighted by molar-refractivity contribution is 5.49. The monoisotopic (exact) mass is 180 g/mol. The van der Waals surface area contributed by atoms with Crippen LogP contribution in [0.4, 0.5) is 0 Å². The highest BCUT2D eigenvalue weighted by Gasteiger charge is 2.07. The fourth-order valence-electron chi connectivity index (χ4n) is 1.08. The van der Waals surface area contributed by atoms with Gasteiger partial charge in [-0.1, -0.05) is 6.08 Å². The lowest BCUT2D eigenvalue weighted by molar-refractivity contribution is 0.368. The van der Waals surface area contributed by atoms with E-state index >= 15 is 0 Å². The van der Waals surface area contributed by atoms with Gasteiger partial charge in [0.05, 0.1) is 7.11 Å². The number of allylic oxidation sites excluding steroid dienone is 1. The molecule has 0 atom stereocenters. The number of benzene rings is 1. The molecule has 0 spiro atoms. The number of aromatic hydroxyl groups is 2. The van der Waals surface area contributed by atoms with Crippen LogP contribution in [0.25, 0.3) is 0 Å². The molecule has 0 saturated heterocycles. The predicted molar refractivity (Wildman–Crippen MR) is 50.2 cm³/mol. The van der Waals surface area contributed by atoms with E-state index in [9.17, 15) is 10.2 Å². The van der Waals surface area contributed by atoms with E-state index in [4.69, 9.17) is 4.74 Å². The van der Waals surface area contributed by atoms with Crippen molar-refractivity contribution in [2.24, 2.45) is 0 Å². The molecule has 2 N–H and O–H groups in total. The average Bonchev–Trinajstić information content (AvgIpc) is 2.10. The van der Waals surface area contributed by atoms with Crippen molar-refractivity contribution in [2.75, 3.05) is 7.11 Å². The summed E-state index contributed by atoms with van der Waals surface area (Å²) in [4.78, 5) is 0. The van der Waals surface area contributed by atoms with E-state index in [0.29, 0.717) is 17.7 Å². The van der Waals surface area contributed by atoms with Gasteiger partial charge in [-0.15, -0.1) is 6.58 Å². The molecule has 0 aliphatic heterocycles. The summed E-state index contributed by atoms with van der Waals surface area (Å²) < 4.78 is 4.89. The normalized spacial score (nSPS) is 9.62. The number of methoxy groups -OCH3 is 1. The summed E-state index contributed by atoms with van der Waals surface area (Å²) in [6.07, 6.45) is 2.22. The Morgan fingerprint density at radius 3 is 2.62 bits per heavy atom. The molecule has 1 rings (SSSR count). The first kappa shape index (κ1) is 9.45. The topological polar surface area (TPSA) is 49.7 Å². The molecule has 0 aliphatic carbocycles. The molecule has 3 heteroatoms. The summed E-state index contributed by atoms with van der Waals surface area (Å²) in [7, 11) is 1.46. The summed E-state index contributed by atoms with van der Waals surface area (Å²) in [5.74, 6) is 0.348. The standard InChI is InChI=1S/C10H12O3/c1-3-4-7-5-10(13-2)9(12)6-8(7)11/h3,5-6,11-12H,1,4H2,2H3. The molecule has 70 valence electrons. The van der Waals surface area contributed by atoms with Crippen LogP contribution in [0, 0.1) is 0 Å². The molecule has 13 heavy (non-hydrogen) atoms. The van der Waals surface area contributed by atoms with Gasteiger partial charge in [0.15, 0.2) is 11.5 Å². The van der Waals surface area contributed by atoms with E-state index in [1.54, 1.807) is 12.1 Å². The molecule has 0 heterocycles. The van der Waals surface area contributed by atoms with Gasteiger partial charge in [0.1, 0.15) is 5.75 Å². The summed E-state index contributed by atoms with van der Waals surface area (Å²) in [6.45, 7) is 3.56. The number of ether oxygens (including phenoxy) is 1. The van der Waals surface area contributed by atoms with Gasteiger partial charge in [-0.25, -0.2) is 0 Å². The minimum atomic E-state index is -0.0622. The maximum atomic E-state index is 9.38. The zero-order valence-corrected chi connectivity index (χ0v) is 7.45. The third kappa shape index (κ3) is 1.93. The lowest BCUT2D eigenvalue weighted by atomic mass is 10.1. The highest BCUT2D eigenvalue weighted by atomic mass is 16.5. The molecule has 0 amide bonds. The van der Waals surface area contributed by atoms with Crippen LogP contribution < -0.4 is 4.74 Å². The Morgan fingerprint density at radius 2 is 2.08 bits per heavy atom. The summed E-state index contributed by atoms with van der Waals surface area (Å²) in [6, 6.07) is 2.85. The zero-order chi connectivity index (χ0) is 9.84. The summed E-state index contributed by atoms with van der Waals surface area (Å²) >= 11 is 0. The van der Waals surface area contributed by atoms with E-state index in [1.165, 1.54) is 13.2 Å². The Kier molecular flexibility index (Phi) is 2.80. The molecule has 0 unspecified atom stereocenters. The van der Waals surface area contributed by atoms with Crippen LogP contribution in [-0.4, -0.2) is 17.3 Å². The van der Waals surface area contributed by atoms with Gasteiger partial charge >= 0.3 is 0 Å². The lowest BCUT2D eigenvalue weighted by Gasteiger charge is -2.07. The summed E-state index contributed by atoms with van der Waals surface area (Å²) in [5, 5.41) is 18.7. The second kappa shape index (κ2) is 3.85. The number of phenols is 2. The van der Waals surface area contributed by atoms with Crippen LogP contribution in [0.3, 0.4) is 0 Å². The zero-order valence-electron chi connectivity index (χ0n) is 7.45. The van der Waals surface area contributed by atoms with Crippen LogP contribution in [0.15, 0.2) is 24.8 Å². The molecular formula is C10H12O3. The third-order valence-corrected chi connectivity index (χ3v) is 1.74. The van der Waals surface area contributed by atoms with Crippen LogP contribution in [0.2, 0.25) is 0 Å². The average molecular weight is 180 g/mol. The molecule has 0 radical (unpaired) electrons. The molecule has 0 aliphatic rings. The maximum absolute atomic E-state index is 9.38. The highest BCUT2D eigenvalue weighted by Crippen LogP contribution is 2.33. The first-order valence-electron chi connectivity index (χ1n) is 3.88. The van der Waals surface area contributed by atoms with Crippen molar-refractivity contribution >= 4 is 0 Å². The first-order valence-corrected chi connectivity index (χ1v) is 3.88. The molecule has 0 aromatic heterocycles. The second-order valence-corrected chi connectivity index (χ2v) is 2.65. The molecule has 0 saturated carbocycles. The van der Waals surface area contributed by atoms with Crippen molar-refractivity contribution in [1.82, 2.24) is 0 Å². The van der Waals surface area contributed by atoms with Gasteiger partial charge in [-0.05, 0) is 12.5 Å². The van der Waals surface area contributed by atoms with Crippen molar-refractivity contribution in [3.63, 3.8) is 0 Å². The Morgan fingerprint density at radius 1 is 1.38 bits per heavy atom. The van der Waals surface area contributed by atoms with E-state index < -0.39 is 0 Å². The maximum Gasteiger partial charge on any atom is 0.161 e. The Hall–Kier alpha value is -1.64. The van der Waals surface area contributed by atoms with Gasteiger partial charge in [-0.3, -0.25) is 0 Å². The van der Waals surface area contributed by atoms with Gasteiger partial charge in [-0.2, -0.15) is 0 Å². The third-order valence-electron chi connectivity index (χ3n) is 1.74. The van der Waals surface area contributed by atoms with E-state index in [-0.39, 0.29) is 11.5 Å². The van der Waals surface area contributed by atoms with Crippen LogP contribution in [-0.2, 0) is 6.42 Å². The van der Waals surface area contributed by atoms with Gasteiger partial charge < -0.3 is 14.9 Å². The van der Waals surface area contributed by atoms with Crippen LogP contribution in [0.5, 0.6) is 17.2 Å². The van der Waals surface area contributed by atoms with Crippen LogP contribution in [0.1, 0.15) is 5.56 Å². The van der Waals surface area contributed by atoms with Crippen molar-refractivity contribution in [1.29, 1.82) is 0 Å². The van der Waals surface area contributed by atoms with Crippen molar-refractivity contribution in [3.05, 3.63) is 30.4 Å². The number of rotatable bonds is 3. The fourth-order valence-corrected chi connectivity index (χ4v) is 1.08. The Balaban J connectivity index is 3.13. The number of phenolic OH excluding ortho intramolecular Hbond substituents is 2. The fraction of sp³-hybridized carbons (Fsp3) is 0.200. The lowest BCUT2D eigenvalue weighted by Crippen LogP contribution is -1.88. The molecule has 1 aromatic carbocycles. The largest absolute Gasteiger partial charge is 0.508 e. The first-order chi connectivity index (χ1) is 6.19.